The van der Waals surface area contributed by atoms with Crippen molar-refractivity contribution in [1.29, 1.82) is 0 Å². The molecule has 2 aromatic heterocycles. The molecule has 1 unspecified atom stereocenters. The van der Waals surface area contributed by atoms with Crippen molar-refractivity contribution in [3.8, 4) is 0 Å². The molecule has 0 radical (unpaired) electrons. The highest BCUT2D eigenvalue weighted by Gasteiger charge is 2.41. The molecule has 1 aliphatic heterocycles. The van der Waals surface area contributed by atoms with Gasteiger partial charge in [-0.25, -0.2) is 14.6 Å². The van der Waals surface area contributed by atoms with E-state index in [1.807, 2.05) is 0 Å². The lowest BCUT2D eigenvalue weighted by Gasteiger charge is -2.19. The Morgan fingerprint density at radius 2 is 1.67 bits per heavy atom. The number of aromatic nitrogens is 5. The zero-order valence-electron chi connectivity index (χ0n) is 23.5. The summed E-state index contributed by atoms with van der Waals surface area (Å²) in [4.78, 5) is 71.5. The van der Waals surface area contributed by atoms with Crippen LogP contribution in [-0.2, 0) is 14.2 Å². The van der Waals surface area contributed by atoms with Crippen LogP contribution in [0.25, 0.3) is 11.2 Å². The molecule has 1 N–H and O–H groups in total. The molecular formula is C26H23N9O10. The van der Waals surface area contributed by atoms with Gasteiger partial charge in [-0.15, -0.1) is 5.10 Å². The number of nitrogens with one attached hydrogen (secondary N) is 1. The largest absolute Gasteiger partial charge is 0.459 e. The van der Waals surface area contributed by atoms with Crippen molar-refractivity contribution in [3.63, 3.8) is 0 Å². The highest BCUT2D eigenvalue weighted by Crippen LogP contribution is 2.33. The first-order chi connectivity index (χ1) is 21.5. The number of rotatable bonds is 10. The van der Waals surface area contributed by atoms with Gasteiger partial charge in [0, 0.05) is 44.8 Å². The molecule has 0 spiro atoms. The van der Waals surface area contributed by atoms with E-state index in [0.717, 1.165) is 24.3 Å². The van der Waals surface area contributed by atoms with Crippen LogP contribution in [-0.4, -0.2) is 90.9 Å². The van der Waals surface area contributed by atoms with Gasteiger partial charge < -0.3 is 19.1 Å². The number of ether oxygens (including phenoxy) is 3. The fourth-order valence-corrected chi connectivity index (χ4v) is 4.26. The van der Waals surface area contributed by atoms with Crippen LogP contribution >= 0.6 is 0 Å². The van der Waals surface area contributed by atoms with Gasteiger partial charge in [0.2, 0.25) is 5.95 Å². The summed E-state index contributed by atoms with van der Waals surface area (Å²) in [5.74, 6) is -1.68. The van der Waals surface area contributed by atoms with E-state index in [2.05, 4.69) is 25.3 Å². The fourth-order valence-electron chi connectivity index (χ4n) is 4.26. The number of carbonyl (C=O) groups is 2. The molecule has 45 heavy (non-hydrogen) atoms. The third kappa shape index (κ3) is 6.77. The highest BCUT2D eigenvalue weighted by atomic mass is 16.6. The van der Waals surface area contributed by atoms with Crippen molar-refractivity contribution < 1.29 is 33.6 Å². The number of esters is 2. The average Bonchev–Trinajstić information content (AvgIpc) is 3.63. The summed E-state index contributed by atoms with van der Waals surface area (Å²) in [5, 5.41) is 29.8. The van der Waals surface area contributed by atoms with Crippen molar-refractivity contribution >= 4 is 46.8 Å². The highest BCUT2D eigenvalue weighted by molar-refractivity contribution is 5.90. The van der Waals surface area contributed by atoms with Crippen LogP contribution in [0.2, 0.25) is 0 Å². The quantitative estimate of drug-likeness (QED) is 0.0875. The van der Waals surface area contributed by atoms with Crippen LogP contribution in [0, 0.1) is 20.2 Å². The number of aliphatic imine (C=N–C) groups is 1. The molecule has 232 valence electrons. The van der Waals surface area contributed by atoms with E-state index in [1.54, 1.807) is 19.0 Å². The summed E-state index contributed by atoms with van der Waals surface area (Å²) < 4.78 is 18.3. The van der Waals surface area contributed by atoms with E-state index in [9.17, 15) is 34.6 Å². The molecule has 3 atom stereocenters. The van der Waals surface area contributed by atoms with E-state index in [4.69, 9.17) is 14.2 Å². The minimum atomic E-state index is -1.05. The summed E-state index contributed by atoms with van der Waals surface area (Å²) in [5.41, 5.74) is -1.06. The molecule has 19 heteroatoms. The Morgan fingerprint density at radius 1 is 1.07 bits per heavy atom. The number of nitro groups is 2. The maximum absolute atomic E-state index is 13.0. The number of hydrogen-bond donors (Lipinski definition) is 1. The van der Waals surface area contributed by atoms with Gasteiger partial charge in [-0.2, -0.15) is 9.67 Å². The van der Waals surface area contributed by atoms with Crippen LogP contribution in [0.15, 0.2) is 58.3 Å². The summed E-state index contributed by atoms with van der Waals surface area (Å²) in [6.07, 6.45) is -1.69. The van der Waals surface area contributed by atoms with Gasteiger partial charge in [0.15, 0.2) is 17.4 Å². The fraction of sp³-hybridized carbons (Fsp3) is 0.269. The maximum atomic E-state index is 13.0. The Labute approximate surface area is 251 Å². The van der Waals surface area contributed by atoms with Gasteiger partial charge in [0.05, 0.1) is 27.3 Å². The molecule has 19 nitrogen and oxygen atoms in total. The summed E-state index contributed by atoms with van der Waals surface area (Å²) in [7, 11) is 3.45. The van der Waals surface area contributed by atoms with E-state index < -0.39 is 52.4 Å². The Morgan fingerprint density at radius 3 is 2.24 bits per heavy atom. The molecule has 5 rings (SSSR count). The van der Waals surface area contributed by atoms with E-state index in [1.165, 1.54) is 35.3 Å². The van der Waals surface area contributed by atoms with E-state index >= 15 is 0 Å². The first kappa shape index (κ1) is 30.4. The molecular weight excluding hydrogens is 598 g/mol. The molecule has 4 aromatic rings. The number of carbonyl (C=O) groups excluding carboxylic acids is 2. The molecule has 0 bridgehead atoms. The number of benzene rings is 2. The van der Waals surface area contributed by atoms with Crippen LogP contribution in [0.1, 0.15) is 33.4 Å². The number of nitro benzene ring substituents is 2. The normalized spacial score (nSPS) is 17.8. The predicted octanol–water partition coefficient (Wildman–Crippen LogP) is 1.92. The molecule has 3 heterocycles. The summed E-state index contributed by atoms with van der Waals surface area (Å²) >= 11 is 0. The van der Waals surface area contributed by atoms with Gasteiger partial charge in [-0.3, -0.25) is 30.0 Å². The first-order valence-corrected chi connectivity index (χ1v) is 13.1. The van der Waals surface area contributed by atoms with Crippen molar-refractivity contribution in [3.05, 3.63) is 90.2 Å². The predicted molar refractivity (Wildman–Crippen MR) is 152 cm³/mol. The van der Waals surface area contributed by atoms with Gasteiger partial charge in [0.1, 0.15) is 18.8 Å². The van der Waals surface area contributed by atoms with Crippen molar-refractivity contribution in [2.75, 3.05) is 20.7 Å². The smallest absolute Gasteiger partial charge is 0.338 e. The molecule has 1 saturated heterocycles. The maximum Gasteiger partial charge on any atom is 0.338 e. The Hall–Kier alpha value is -6.11. The van der Waals surface area contributed by atoms with Crippen molar-refractivity contribution in [2.45, 2.75) is 24.9 Å². The topological polar surface area (TPSA) is 240 Å². The zero-order chi connectivity index (χ0) is 32.2. The van der Waals surface area contributed by atoms with Crippen LogP contribution in [0.4, 0.5) is 17.3 Å². The Balaban J connectivity index is 1.39. The van der Waals surface area contributed by atoms with Gasteiger partial charge in [0.25, 0.3) is 16.9 Å². The Kier molecular flexibility index (Phi) is 8.52. The SMILES string of the molecule is CN(C)/C=N/c1nc2c(nnn2[C@H]2CC(OC(=O)c3ccc([N+](=O)[O-])cc3)[C@@H](COC(=O)c3ccc([N+](=O)[O-])cc3)O2)c(=O)[nH]1. The number of aromatic amines is 1. The standard InChI is InChI=1S/C26H23N9O10/c1-32(2)13-27-26-28-22-21(23(36)29-26)30-31-33(22)20-11-18(45-25(38)15-5-9-17(10-6-15)35(41)42)19(44-20)12-43-24(37)14-3-7-16(8-4-14)34(39)40/h3-10,13,18-20H,11-12H2,1-2H3,(H,28,29,36)/b27-13+/t18?,19-,20-/m1/s1. The van der Waals surface area contributed by atoms with Crippen LogP contribution in [0.3, 0.4) is 0 Å². The molecule has 1 fully saturated rings. The summed E-state index contributed by atoms with van der Waals surface area (Å²) in [6.45, 7) is -0.413. The van der Waals surface area contributed by atoms with Gasteiger partial charge in [-0.05, 0) is 24.3 Å². The minimum absolute atomic E-state index is 0.0217. The van der Waals surface area contributed by atoms with Crippen molar-refractivity contribution in [2.24, 2.45) is 4.99 Å². The molecule has 0 saturated carbocycles. The lowest BCUT2D eigenvalue weighted by atomic mass is 10.1. The minimum Gasteiger partial charge on any atom is -0.459 e. The second-order valence-electron chi connectivity index (χ2n) is 9.82. The number of H-pyrrole nitrogens is 1. The van der Waals surface area contributed by atoms with E-state index in [-0.39, 0.29) is 46.0 Å². The van der Waals surface area contributed by atoms with Crippen LogP contribution < -0.4 is 5.56 Å². The molecule has 0 aliphatic carbocycles. The number of hydrogen-bond acceptors (Lipinski definition) is 14. The lowest BCUT2D eigenvalue weighted by Crippen LogP contribution is -2.32. The number of non-ortho nitro benzene ring substituents is 2. The first-order valence-electron chi connectivity index (χ1n) is 13.1. The lowest BCUT2D eigenvalue weighted by molar-refractivity contribution is -0.385. The monoisotopic (exact) mass is 621 g/mol. The number of fused-ring (bicyclic) bond motifs is 1. The van der Waals surface area contributed by atoms with Gasteiger partial charge in [-0.1, -0.05) is 5.21 Å². The second kappa shape index (κ2) is 12.6. The molecule has 0 amide bonds. The molecule has 2 aromatic carbocycles. The number of nitrogens with zero attached hydrogens (tertiary/aromatic N) is 8. The van der Waals surface area contributed by atoms with Crippen molar-refractivity contribution in [1.82, 2.24) is 29.9 Å². The second-order valence-corrected chi connectivity index (χ2v) is 9.82. The van der Waals surface area contributed by atoms with Crippen LogP contribution in [0.5, 0.6) is 0 Å². The van der Waals surface area contributed by atoms with Gasteiger partial charge >= 0.3 is 11.9 Å². The summed E-state index contributed by atoms with van der Waals surface area (Å²) in [6, 6.07) is 9.51. The third-order valence-electron chi connectivity index (χ3n) is 6.45. The molecule has 1 aliphatic rings. The van der Waals surface area contributed by atoms with E-state index in [0.29, 0.717) is 0 Å². The average molecular weight is 622 g/mol. The Bertz CT molecular complexity index is 1850. The third-order valence-corrected chi connectivity index (χ3v) is 6.45. The zero-order valence-corrected chi connectivity index (χ0v) is 23.5.